The molecule has 3 heteroatoms. The van der Waals surface area contributed by atoms with E-state index in [9.17, 15) is 4.79 Å². The molecule has 96 valence electrons. The SMILES string of the molecule is CCCCCCCC(NCC(C)C)C(=O)O. The van der Waals surface area contributed by atoms with Crippen LogP contribution in [0.25, 0.3) is 0 Å². The Morgan fingerprint density at radius 3 is 2.31 bits per heavy atom. The van der Waals surface area contributed by atoms with E-state index >= 15 is 0 Å². The highest BCUT2D eigenvalue weighted by Crippen LogP contribution is 2.07. The molecule has 0 radical (unpaired) electrons. The summed E-state index contributed by atoms with van der Waals surface area (Å²) < 4.78 is 0. The average Bonchev–Trinajstić information content (AvgIpc) is 2.21. The molecule has 0 saturated carbocycles. The monoisotopic (exact) mass is 229 g/mol. The number of carbonyl (C=O) groups is 1. The minimum absolute atomic E-state index is 0.357. The molecule has 0 spiro atoms. The van der Waals surface area contributed by atoms with Gasteiger partial charge in [0.2, 0.25) is 0 Å². The van der Waals surface area contributed by atoms with Gasteiger partial charge in [0.1, 0.15) is 6.04 Å². The zero-order chi connectivity index (χ0) is 12.4. The van der Waals surface area contributed by atoms with Gasteiger partial charge in [-0.05, 0) is 18.9 Å². The molecule has 0 heterocycles. The van der Waals surface area contributed by atoms with E-state index in [1.54, 1.807) is 0 Å². The first-order chi connectivity index (χ1) is 7.57. The number of unbranched alkanes of at least 4 members (excludes halogenated alkanes) is 4. The first kappa shape index (κ1) is 15.4. The Labute approximate surface area is 99.6 Å². The highest BCUT2D eigenvalue weighted by Gasteiger charge is 2.15. The van der Waals surface area contributed by atoms with Gasteiger partial charge in [-0.15, -0.1) is 0 Å². The third kappa shape index (κ3) is 8.72. The topological polar surface area (TPSA) is 49.3 Å². The second-order valence-electron chi connectivity index (χ2n) is 4.90. The Hall–Kier alpha value is -0.570. The van der Waals surface area contributed by atoms with Gasteiger partial charge >= 0.3 is 5.97 Å². The molecular formula is C13H27NO2. The quantitative estimate of drug-likeness (QED) is 0.566. The summed E-state index contributed by atoms with van der Waals surface area (Å²) in [7, 11) is 0. The van der Waals surface area contributed by atoms with E-state index in [4.69, 9.17) is 5.11 Å². The maximum absolute atomic E-state index is 11.0. The Kier molecular flexibility index (Phi) is 9.30. The van der Waals surface area contributed by atoms with E-state index in [0.29, 0.717) is 5.92 Å². The van der Waals surface area contributed by atoms with Crippen molar-refractivity contribution >= 4 is 5.97 Å². The lowest BCUT2D eigenvalue weighted by atomic mass is 10.1. The molecule has 0 aliphatic heterocycles. The number of aliphatic carboxylic acids is 1. The van der Waals surface area contributed by atoms with Crippen molar-refractivity contribution in [3.05, 3.63) is 0 Å². The molecule has 0 bridgehead atoms. The summed E-state index contributed by atoms with van der Waals surface area (Å²) in [5.41, 5.74) is 0. The number of rotatable bonds is 10. The summed E-state index contributed by atoms with van der Waals surface area (Å²) in [4.78, 5) is 11.0. The van der Waals surface area contributed by atoms with Crippen LogP contribution < -0.4 is 5.32 Å². The van der Waals surface area contributed by atoms with Crippen LogP contribution in [0.2, 0.25) is 0 Å². The predicted octanol–water partition coefficient (Wildman–Crippen LogP) is 3.05. The third-order valence-electron chi connectivity index (χ3n) is 2.67. The molecule has 0 aliphatic rings. The van der Waals surface area contributed by atoms with Crippen LogP contribution in [0.1, 0.15) is 59.3 Å². The maximum Gasteiger partial charge on any atom is 0.320 e. The molecule has 3 nitrogen and oxygen atoms in total. The molecular weight excluding hydrogens is 202 g/mol. The lowest BCUT2D eigenvalue weighted by Crippen LogP contribution is -2.38. The molecule has 0 aromatic heterocycles. The molecule has 0 fully saturated rings. The number of nitrogens with one attached hydrogen (secondary N) is 1. The molecule has 0 aliphatic carbocycles. The summed E-state index contributed by atoms with van der Waals surface area (Å²) in [6.07, 6.45) is 6.65. The van der Waals surface area contributed by atoms with Crippen LogP contribution in [0.15, 0.2) is 0 Å². The van der Waals surface area contributed by atoms with Gasteiger partial charge in [0, 0.05) is 0 Å². The van der Waals surface area contributed by atoms with Crippen LogP contribution in [-0.2, 0) is 4.79 Å². The van der Waals surface area contributed by atoms with E-state index in [2.05, 4.69) is 26.1 Å². The van der Waals surface area contributed by atoms with Crippen LogP contribution >= 0.6 is 0 Å². The minimum atomic E-state index is -0.712. The van der Waals surface area contributed by atoms with E-state index in [1.165, 1.54) is 19.3 Å². The van der Waals surface area contributed by atoms with Crippen LogP contribution in [0.4, 0.5) is 0 Å². The summed E-state index contributed by atoms with van der Waals surface area (Å²) in [6.45, 7) is 7.15. The second kappa shape index (κ2) is 9.64. The van der Waals surface area contributed by atoms with Gasteiger partial charge < -0.3 is 10.4 Å². The Balaban J connectivity index is 3.64. The normalized spacial score (nSPS) is 13.0. The van der Waals surface area contributed by atoms with Crippen molar-refractivity contribution < 1.29 is 9.90 Å². The molecule has 2 N–H and O–H groups in total. The van der Waals surface area contributed by atoms with Gasteiger partial charge in [0.25, 0.3) is 0 Å². The predicted molar refractivity (Wildman–Crippen MR) is 67.6 cm³/mol. The zero-order valence-corrected chi connectivity index (χ0v) is 11.0. The van der Waals surface area contributed by atoms with E-state index in [-0.39, 0.29) is 6.04 Å². The van der Waals surface area contributed by atoms with Gasteiger partial charge in [-0.3, -0.25) is 4.79 Å². The summed E-state index contributed by atoms with van der Waals surface area (Å²) in [6, 6.07) is -0.357. The van der Waals surface area contributed by atoms with Crippen molar-refractivity contribution in [1.29, 1.82) is 0 Å². The lowest BCUT2D eigenvalue weighted by Gasteiger charge is -2.15. The number of carboxylic acid groups (broad SMARTS) is 1. The summed E-state index contributed by atoms with van der Waals surface area (Å²) in [5, 5.41) is 12.1. The highest BCUT2D eigenvalue weighted by atomic mass is 16.4. The van der Waals surface area contributed by atoms with Crippen molar-refractivity contribution in [2.45, 2.75) is 65.3 Å². The molecule has 0 aromatic carbocycles. The lowest BCUT2D eigenvalue weighted by molar-refractivity contribution is -0.139. The van der Waals surface area contributed by atoms with E-state index in [0.717, 1.165) is 25.8 Å². The Morgan fingerprint density at radius 2 is 1.81 bits per heavy atom. The fourth-order valence-electron chi connectivity index (χ4n) is 1.64. The fraction of sp³-hybridized carbons (Fsp3) is 0.923. The van der Waals surface area contributed by atoms with Crippen LogP contribution in [0, 0.1) is 5.92 Å². The second-order valence-corrected chi connectivity index (χ2v) is 4.90. The smallest absolute Gasteiger partial charge is 0.320 e. The van der Waals surface area contributed by atoms with E-state index < -0.39 is 5.97 Å². The van der Waals surface area contributed by atoms with Gasteiger partial charge in [-0.25, -0.2) is 0 Å². The summed E-state index contributed by atoms with van der Waals surface area (Å²) >= 11 is 0. The number of hydrogen-bond donors (Lipinski definition) is 2. The van der Waals surface area contributed by atoms with Gasteiger partial charge in [-0.2, -0.15) is 0 Å². The molecule has 0 rings (SSSR count). The van der Waals surface area contributed by atoms with Crippen LogP contribution in [-0.4, -0.2) is 23.7 Å². The third-order valence-corrected chi connectivity index (χ3v) is 2.67. The molecule has 0 aromatic rings. The van der Waals surface area contributed by atoms with Crippen LogP contribution in [0.3, 0.4) is 0 Å². The van der Waals surface area contributed by atoms with Crippen molar-refractivity contribution in [2.75, 3.05) is 6.54 Å². The summed E-state index contributed by atoms with van der Waals surface area (Å²) in [5.74, 6) is -0.210. The van der Waals surface area contributed by atoms with Crippen molar-refractivity contribution in [2.24, 2.45) is 5.92 Å². The molecule has 16 heavy (non-hydrogen) atoms. The van der Waals surface area contributed by atoms with Gasteiger partial charge in [0.15, 0.2) is 0 Å². The van der Waals surface area contributed by atoms with Gasteiger partial charge in [-0.1, -0.05) is 52.9 Å². The van der Waals surface area contributed by atoms with Crippen molar-refractivity contribution in [3.63, 3.8) is 0 Å². The molecule has 1 unspecified atom stereocenters. The minimum Gasteiger partial charge on any atom is -0.480 e. The maximum atomic E-state index is 11.0. The Morgan fingerprint density at radius 1 is 1.19 bits per heavy atom. The standard InChI is InChI=1S/C13H27NO2/c1-4-5-6-7-8-9-12(13(15)16)14-10-11(2)3/h11-12,14H,4-10H2,1-3H3,(H,15,16). The fourth-order valence-corrected chi connectivity index (χ4v) is 1.64. The average molecular weight is 229 g/mol. The molecule has 0 amide bonds. The van der Waals surface area contributed by atoms with Crippen molar-refractivity contribution in [1.82, 2.24) is 5.32 Å². The number of carboxylic acids is 1. The van der Waals surface area contributed by atoms with E-state index in [1.807, 2.05) is 0 Å². The molecule has 1 atom stereocenters. The first-order valence-corrected chi connectivity index (χ1v) is 6.54. The highest BCUT2D eigenvalue weighted by molar-refractivity contribution is 5.73. The van der Waals surface area contributed by atoms with Gasteiger partial charge in [0.05, 0.1) is 0 Å². The van der Waals surface area contributed by atoms with Crippen LogP contribution in [0.5, 0.6) is 0 Å². The largest absolute Gasteiger partial charge is 0.480 e. The number of hydrogen-bond acceptors (Lipinski definition) is 2. The Bertz CT molecular complexity index is 181. The zero-order valence-electron chi connectivity index (χ0n) is 11.0. The molecule has 0 saturated heterocycles. The first-order valence-electron chi connectivity index (χ1n) is 6.54. The van der Waals surface area contributed by atoms with Crippen molar-refractivity contribution in [3.8, 4) is 0 Å².